The van der Waals surface area contributed by atoms with Gasteiger partial charge in [0.15, 0.2) is 0 Å². The largest absolute Gasteiger partial charge is 0.351 e. The summed E-state index contributed by atoms with van der Waals surface area (Å²) in [4.78, 5) is 2.09. The Labute approximate surface area is 138 Å². The van der Waals surface area contributed by atoms with Crippen LogP contribution in [0.4, 0.5) is 5.69 Å². The molecule has 0 unspecified atom stereocenters. The molecule has 0 aliphatic carbocycles. The number of hydrogen-bond acceptors (Lipinski definition) is 4. The molecule has 2 aromatic rings. The summed E-state index contributed by atoms with van der Waals surface area (Å²) in [6.45, 7) is 0. The fourth-order valence-electron chi connectivity index (χ4n) is 2.42. The van der Waals surface area contributed by atoms with Gasteiger partial charge >= 0.3 is 0 Å². The average molecular weight is 315 g/mol. The molecule has 0 bridgehead atoms. The molecule has 1 aliphatic rings. The van der Waals surface area contributed by atoms with Crippen LogP contribution < -0.4 is 14.0 Å². The number of benzene rings is 1. The summed E-state index contributed by atoms with van der Waals surface area (Å²) in [6.07, 6.45) is 8.20. The number of nitriles is 2. The van der Waals surface area contributed by atoms with E-state index >= 15 is 0 Å². The molecule has 23 heavy (non-hydrogen) atoms. The Morgan fingerprint density at radius 1 is 1.09 bits per heavy atom. The highest BCUT2D eigenvalue weighted by Crippen LogP contribution is 2.31. The number of thiophene rings is 1. The molecule has 1 aliphatic heterocycles. The summed E-state index contributed by atoms with van der Waals surface area (Å²) in [5, 5.41) is 17.8. The number of nitrogens with zero attached hydrogens (tertiary/aromatic N) is 3. The minimum atomic E-state index is 0.159. The maximum Gasteiger partial charge on any atom is 0.146 e. The molecule has 0 N–H and O–H groups in total. The monoisotopic (exact) mass is 315 g/mol. The van der Waals surface area contributed by atoms with E-state index in [1.165, 1.54) is 22.6 Å². The molecule has 3 nitrogen and oxygen atoms in total. The van der Waals surface area contributed by atoms with Crippen LogP contribution in [0.1, 0.15) is 5.56 Å². The van der Waals surface area contributed by atoms with E-state index in [1.54, 1.807) is 0 Å². The van der Waals surface area contributed by atoms with E-state index in [4.69, 9.17) is 10.5 Å². The number of anilines is 1. The average Bonchev–Trinajstić information content (AvgIpc) is 3.04. The second kappa shape index (κ2) is 6.36. The predicted octanol–water partition coefficient (Wildman–Crippen LogP) is 2.77. The van der Waals surface area contributed by atoms with Crippen molar-refractivity contribution < 1.29 is 0 Å². The zero-order valence-electron chi connectivity index (χ0n) is 12.5. The summed E-state index contributed by atoms with van der Waals surface area (Å²) >= 11 is 1.44. The number of allylic oxidation sites excluding steroid dienone is 3. The van der Waals surface area contributed by atoms with Crippen molar-refractivity contribution >= 4 is 34.2 Å². The Morgan fingerprint density at radius 3 is 2.65 bits per heavy atom. The van der Waals surface area contributed by atoms with E-state index in [1.807, 2.05) is 55.7 Å². The Kier molecular flexibility index (Phi) is 4.10. The quantitative estimate of drug-likeness (QED) is 0.813. The number of fused-ring (bicyclic) bond motifs is 1. The molecule has 0 atom stereocenters. The maximum absolute atomic E-state index is 8.92. The van der Waals surface area contributed by atoms with Crippen molar-refractivity contribution in [1.82, 2.24) is 0 Å². The molecule has 0 saturated carbocycles. The Balaban J connectivity index is 2.05. The Hall–Kier alpha value is -3.08. The molecule has 0 amide bonds. The smallest absolute Gasteiger partial charge is 0.146 e. The first kappa shape index (κ1) is 14.8. The molecule has 2 heterocycles. The first-order valence-electron chi connectivity index (χ1n) is 7.06. The zero-order chi connectivity index (χ0) is 16.2. The minimum absolute atomic E-state index is 0.159. The van der Waals surface area contributed by atoms with Crippen LogP contribution in [0.2, 0.25) is 0 Å². The van der Waals surface area contributed by atoms with E-state index in [-0.39, 0.29) is 5.57 Å². The van der Waals surface area contributed by atoms with Gasteiger partial charge < -0.3 is 4.90 Å². The van der Waals surface area contributed by atoms with Gasteiger partial charge in [0.05, 0.1) is 4.53 Å². The van der Waals surface area contributed by atoms with Gasteiger partial charge in [-0.1, -0.05) is 24.3 Å². The van der Waals surface area contributed by atoms with E-state index in [9.17, 15) is 0 Å². The molecule has 0 radical (unpaired) electrons. The lowest BCUT2D eigenvalue weighted by Crippen LogP contribution is -2.13. The van der Waals surface area contributed by atoms with Crippen molar-refractivity contribution in [1.29, 1.82) is 10.5 Å². The van der Waals surface area contributed by atoms with Crippen LogP contribution in [0.25, 0.3) is 17.2 Å². The highest BCUT2D eigenvalue weighted by molar-refractivity contribution is 7.07. The topological polar surface area (TPSA) is 50.8 Å². The first-order chi connectivity index (χ1) is 11.2. The van der Waals surface area contributed by atoms with Crippen LogP contribution in [0.15, 0.2) is 54.8 Å². The first-order valence-corrected chi connectivity index (χ1v) is 7.87. The second-order valence-corrected chi connectivity index (χ2v) is 6.15. The van der Waals surface area contributed by atoms with Crippen molar-refractivity contribution in [3.8, 4) is 12.1 Å². The predicted molar refractivity (Wildman–Crippen MR) is 94.6 cm³/mol. The number of rotatable bonds is 1. The summed E-state index contributed by atoms with van der Waals surface area (Å²) in [5.41, 5.74) is 3.66. The molecule has 3 rings (SSSR count). The van der Waals surface area contributed by atoms with Gasteiger partial charge in [-0.05, 0) is 35.9 Å². The molecular weight excluding hydrogens is 302 g/mol. The van der Waals surface area contributed by atoms with Crippen LogP contribution in [0.5, 0.6) is 0 Å². The van der Waals surface area contributed by atoms with Crippen molar-refractivity contribution in [2.45, 2.75) is 0 Å². The van der Waals surface area contributed by atoms with Gasteiger partial charge in [0.1, 0.15) is 17.7 Å². The highest BCUT2D eigenvalue weighted by Gasteiger charge is 2.11. The lowest BCUT2D eigenvalue weighted by Gasteiger charge is -2.23. The maximum atomic E-state index is 8.92. The van der Waals surface area contributed by atoms with Gasteiger partial charge in [-0.15, -0.1) is 11.3 Å². The SMILES string of the molecule is CN1C=C/C(=C\C=c2\ccc(=C(C#N)C#N)s2)c2ccccc21. The fraction of sp³-hybridized carbons (Fsp3) is 0.0526. The summed E-state index contributed by atoms with van der Waals surface area (Å²) < 4.78 is 1.72. The molecule has 1 aromatic heterocycles. The van der Waals surface area contributed by atoms with E-state index in [0.29, 0.717) is 4.53 Å². The normalized spacial score (nSPS) is 15.2. The van der Waals surface area contributed by atoms with Crippen LogP contribution in [0, 0.1) is 22.7 Å². The molecule has 4 heteroatoms. The lowest BCUT2D eigenvalue weighted by molar-refractivity contribution is 1.18. The number of hydrogen-bond donors (Lipinski definition) is 0. The van der Waals surface area contributed by atoms with Gasteiger partial charge in [0, 0.05) is 29.0 Å². The number of para-hydroxylation sites is 1. The van der Waals surface area contributed by atoms with Gasteiger partial charge in [-0.3, -0.25) is 0 Å². The molecule has 1 aromatic carbocycles. The van der Waals surface area contributed by atoms with Crippen LogP contribution in [-0.4, -0.2) is 7.05 Å². The van der Waals surface area contributed by atoms with Crippen molar-refractivity contribution in [3.05, 3.63) is 69.4 Å². The van der Waals surface area contributed by atoms with Crippen molar-refractivity contribution in [3.63, 3.8) is 0 Å². The lowest BCUT2D eigenvalue weighted by atomic mass is 10.00. The van der Waals surface area contributed by atoms with E-state index in [0.717, 1.165) is 10.1 Å². The van der Waals surface area contributed by atoms with Crippen LogP contribution >= 0.6 is 11.3 Å². The zero-order valence-corrected chi connectivity index (χ0v) is 13.3. The molecule has 0 spiro atoms. The Bertz CT molecular complexity index is 994. The van der Waals surface area contributed by atoms with Gasteiger partial charge in [0.25, 0.3) is 0 Å². The molecule has 110 valence electrons. The minimum Gasteiger partial charge on any atom is -0.351 e. The molecule has 0 saturated heterocycles. The fourth-order valence-corrected chi connectivity index (χ4v) is 3.27. The second-order valence-electron chi connectivity index (χ2n) is 5.03. The molecular formula is C19H13N3S. The van der Waals surface area contributed by atoms with Gasteiger partial charge in [0.2, 0.25) is 0 Å². The summed E-state index contributed by atoms with van der Waals surface area (Å²) in [6, 6.07) is 15.9. The third kappa shape index (κ3) is 2.94. The van der Waals surface area contributed by atoms with Crippen LogP contribution in [0.3, 0.4) is 0 Å². The van der Waals surface area contributed by atoms with E-state index in [2.05, 4.69) is 29.2 Å². The van der Waals surface area contributed by atoms with E-state index < -0.39 is 0 Å². The van der Waals surface area contributed by atoms with Crippen molar-refractivity contribution in [2.75, 3.05) is 11.9 Å². The Morgan fingerprint density at radius 2 is 1.87 bits per heavy atom. The molecule has 0 fully saturated rings. The summed E-state index contributed by atoms with van der Waals surface area (Å²) in [5.74, 6) is 0. The standard InChI is InChI=1S/C19H13N3S/c1-22-11-10-14(17-4-2-3-5-18(17)22)6-7-16-8-9-19(23-16)15(12-20)13-21/h2-11H,1H3/b14-6+,16-7-. The third-order valence-corrected chi connectivity index (χ3v) is 4.66. The third-order valence-electron chi connectivity index (χ3n) is 3.60. The highest BCUT2D eigenvalue weighted by atomic mass is 32.1. The van der Waals surface area contributed by atoms with Crippen molar-refractivity contribution in [2.24, 2.45) is 0 Å². The van der Waals surface area contributed by atoms with Crippen LogP contribution in [-0.2, 0) is 0 Å². The van der Waals surface area contributed by atoms with Gasteiger partial charge in [-0.25, -0.2) is 0 Å². The van der Waals surface area contributed by atoms with Gasteiger partial charge in [-0.2, -0.15) is 10.5 Å². The summed E-state index contributed by atoms with van der Waals surface area (Å²) in [7, 11) is 2.03.